The van der Waals surface area contributed by atoms with Crippen LogP contribution in [0, 0.1) is 29.6 Å². The molecule has 3 atom stereocenters. The second kappa shape index (κ2) is 6.64. The van der Waals surface area contributed by atoms with E-state index in [2.05, 4.69) is 6.92 Å². The maximum Gasteiger partial charge on any atom is -0.0360 e. The molecule has 0 aromatic rings. The second-order valence-corrected chi connectivity index (χ2v) is 8.01. The Kier molecular flexibility index (Phi) is 4.87. The fraction of sp³-hybridized carbons (Fsp3) is 1.00. The highest BCUT2D eigenvalue weighted by molar-refractivity contribution is 4.86. The molecule has 3 aliphatic carbocycles. The minimum absolute atomic E-state index is 1.03. The van der Waals surface area contributed by atoms with Gasteiger partial charge in [0.2, 0.25) is 0 Å². The van der Waals surface area contributed by atoms with Crippen LogP contribution in [0.15, 0.2) is 0 Å². The van der Waals surface area contributed by atoms with Crippen LogP contribution < -0.4 is 0 Å². The van der Waals surface area contributed by atoms with Crippen molar-refractivity contribution in [2.75, 3.05) is 0 Å². The van der Waals surface area contributed by atoms with Crippen molar-refractivity contribution in [1.82, 2.24) is 0 Å². The Hall–Kier alpha value is 0. The summed E-state index contributed by atoms with van der Waals surface area (Å²) in [6.07, 6.45) is 20.1. The molecule has 3 rings (SSSR count). The zero-order valence-electron chi connectivity index (χ0n) is 13.1. The summed E-state index contributed by atoms with van der Waals surface area (Å²) in [6, 6.07) is 0. The predicted octanol–water partition coefficient (Wildman–Crippen LogP) is 6.20. The van der Waals surface area contributed by atoms with Crippen molar-refractivity contribution in [2.45, 2.75) is 90.4 Å². The maximum atomic E-state index is 2.59. The monoisotopic (exact) mass is 262 g/mol. The third-order valence-electron chi connectivity index (χ3n) is 6.85. The topological polar surface area (TPSA) is 0 Å². The normalized spacial score (nSPS) is 39.3. The van der Waals surface area contributed by atoms with Crippen LogP contribution >= 0.6 is 0 Å². The third kappa shape index (κ3) is 3.37. The van der Waals surface area contributed by atoms with E-state index in [4.69, 9.17) is 0 Å². The molecule has 19 heavy (non-hydrogen) atoms. The summed E-state index contributed by atoms with van der Waals surface area (Å²) < 4.78 is 0. The van der Waals surface area contributed by atoms with Crippen molar-refractivity contribution in [3.05, 3.63) is 0 Å². The molecule has 110 valence electrons. The largest absolute Gasteiger partial charge is 0.0622 e. The first-order chi connectivity index (χ1) is 9.34. The van der Waals surface area contributed by atoms with E-state index in [0.717, 1.165) is 29.6 Å². The van der Waals surface area contributed by atoms with Gasteiger partial charge in [0.1, 0.15) is 0 Å². The summed E-state index contributed by atoms with van der Waals surface area (Å²) in [7, 11) is 0. The van der Waals surface area contributed by atoms with Gasteiger partial charge in [0, 0.05) is 0 Å². The van der Waals surface area contributed by atoms with Crippen molar-refractivity contribution in [3.63, 3.8) is 0 Å². The summed E-state index contributed by atoms with van der Waals surface area (Å²) in [5.74, 6) is 5.46. The van der Waals surface area contributed by atoms with Gasteiger partial charge in [-0.3, -0.25) is 0 Å². The van der Waals surface area contributed by atoms with E-state index < -0.39 is 0 Å². The predicted molar refractivity (Wildman–Crippen MR) is 83.1 cm³/mol. The van der Waals surface area contributed by atoms with Gasteiger partial charge >= 0.3 is 0 Å². The van der Waals surface area contributed by atoms with Crippen LogP contribution in [0.4, 0.5) is 0 Å². The average Bonchev–Trinajstić information content (AvgIpc) is 2.49. The lowest BCUT2D eigenvalue weighted by Gasteiger charge is -2.43. The van der Waals surface area contributed by atoms with Crippen molar-refractivity contribution in [3.8, 4) is 0 Å². The smallest absolute Gasteiger partial charge is 0.0360 e. The first-order valence-electron chi connectivity index (χ1n) is 9.34. The minimum Gasteiger partial charge on any atom is -0.0622 e. The Morgan fingerprint density at radius 1 is 0.526 bits per heavy atom. The molecule has 0 aliphatic heterocycles. The Morgan fingerprint density at radius 2 is 1.11 bits per heavy atom. The van der Waals surface area contributed by atoms with E-state index in [-0.39, 0.29) is 0 Å². The van der Waals surface area contributed by atoms with Gasteiger partial charge in [-0.1, -0.05) is 71.1 Å². The van der Waals surface area contributed by atoms with E-state index in [1.165, 1.54) is 38.5 Å². The second-order valence-electron chi connectivity index (χ2n) is 8.01. The third-order valence-corrected chi connectivity index (χ3v) is 6.85. The molecular formula is C19H34. The van der Waals surface area contributed by atoms with E-state index in [1.54, 1.807) is 44.9 Å². The van der Waals surface area contributed by atoms with Crippen LogP contribution in [0.25, 0.3) is 0 Å². The Morgan fingerprint density at radius 3 is 1.68 bits per heavy atom. The molecule has 0 heteroatoms. The van der Waals surface area contributed by atoms with Gasteiger partial charge in [0.05, 0.1) is 0 Å². The summed E-state index contributed by atoms with van der Waals surface area (Å²) >= 11 is 0. The summed E-state index contributed by atoms with van der Waals surface area (Å²) in [5.41, 5.74) is 0. The van der Waals surface area contributed by atoms with Crippen LogP contribution in [0.2, 0.25) is 0 Å². The molecule has 0 spiro atoms. The fourth-order valence-corrected chi connectivity index (χ4v) is 5.76. The Labute approximate surface area is 120 Å². The molecule has 0 nitrogen and oxygen atoms in total. The van der Waals surface area contributed by atoms with Gasteiger partial charge in [-0.05, 0) is 48.9 Å². The first-order valence-corrected chi connectivity index (χ1v) is 9.34. The molecule has 0 heterocycles. The zero-order chi connectivity index (χ0) is 13.1. The van der Waals surface area contributed by atoms with Gasteiger partial charge in [0.15, 0.2) is 0 Å². The maximum absolute atomic E-state index is 2.59. The van der Waals surface area contributed by atoms with Crippen LogP contribution in [-0.4, -0.2) is 0 Å². The highest BCUT2D eigenvalue weighted by Crippen LogP contribution is 2.47. The number of hydrogen-bond donors (Lipinski definition) is 0. The minimum atomic E-state index is 1.03. The van der Waals surface area contributed by atoms with Crippen molar-refractivity contribution in [1.29, 1.82) is 0 Å². The molecule has 0 radical (unpaired) electrons. The lowest BCUT2D eigenvalue weighted by molar-refractivity contribution is 0.0757. The highest BCUT2D eigenvalue weighted by atomic mass is 14.4. The molecule has 3 fully saturated rings. The summed E-state index contributed by atoms with van der Waals surface area (Å²) in [4.78, 5) is 0. The van der Waals surface area contributed by atoms with Crippen molar-refractivity contribution < 1.29 is 0 Å². The zero-order valence-corrected chi connectivity index (χ0v) is 13.1. The van der Waals surface area contributed by atoms with Crippen LogP contribution in [0.5, 0.6) is 0 Å². The molecular weight excluding hydrogens is 228 g/mol. The van der Waals surface area contributed by atoms with E-state index in [0.29, 0.717) is 0 Å². The van der Waals surface area contributed by atoms with E-state index >= 15 is 0 Å². The Bertz CT molecular complexity index is 257. The standard InChI is InChI=1S/C19H34/c1-15-14-18(16-8-4-2-5-9-16)12-13-19(15)17-10-6-3-7-11-17/h15-19H,2-14H2,1H3. The average molecular weight is 262 g/mol. The van der Waals surface area contributed by atoms with Crippen molar-refractivity contribution >= 4 is 0 Å². The fourth-order valence-electron chi connectivity index (χ4n) is 5.76. The quantitative estimate of drug-likeness (QED) is 0.556. The molecule has 0 N–H and O–H groups in total. The van der Waals surface area contributed by atoms with Gasteiger partial charge in [0.25, 0.3) is 0 Å². The van der Waals surface area contributed by atoms with E-state index in [1.807, 2.05) is 0 Å². The molecule has 3 saturated carbocycles. The van der Waals surface area contributed by atoms with Gasteiger partial charge in [-0.15, -0.1) is 0 Å². The molecule has 0 aromatic carbocycles. The van der Waals surface area contributed by atoms with Gasteiger partial charge < -0.3 is 0 Å². The lowest BCUT2D eigenvalue weighted by atomic mass is 9.62. The molecule has 3 aliphatic rings. The molecule has 3 unspecified atom stereocenters. The van der Waals surface area contributed by atoms with Gasteiger partial charge in [-0.2, -0.15) is 0 Å². The Balaban J connectivity index is 1.52. The lowest BCUT2D eigenvalue weighted by Crippen LogP contribution is -2.33. The van der Waals surface area contributed by atoms with Crippen LogP contribution in [0.1, 0.15) is 90.4 Å². The van der Waals surface area contributed by atoms with Crippen LogP contribution in [-0.2, 0) is 0 Å². The summed E-state index contributed by atoms with van der Waals surface area (Å²) in [5, 5.41) is 0. The molecule has 0 saturated heterocycles. The van der Waals surface area contributed by atoms with Gasteiger partial charge in [-0.25, -0.2) is 0 Å². The van der Waals surface area contributed by atoms with Crippen molar-refractivity contribution in [2.24, 2.45) is 29.6 Å². The molecule has 0 amide bonds. The molecule has 0 aromatic heterocycles. The first kappa shape index (κ1) is 14.0. The van der Waals surface area contributed by atoms with Crippen LogP contribution in [0.3, 0.4) is 0 Å². The number of hydrogen-bond acceptors (Lipinski definition) is 0. The molecule has 0 bridgehead atoms. The number of rotatable bonds is 2. The van der Waals surface area contributed by atoms with E-state index in [9.17, 15) is 0 Å². The highest BCUT2D eigenvalue weighted by Gasteiger charge is 2.36. The summed E-state index contributed by atoms with van der Waals surface area (Å²) in [6.45, 7) is 2.59. The SMILES string of the molecule is CC1CC(C2CCCCC2)CCC1C1CCCCC1.